The SMILES string of the molecule is CC(=O)OC1CC[C@@]2(C)C(CC[C@@H]3[C@H]2C(NC2CCCCC2)C[C@]2(C)C(C(=O)O)CC[C@@H]32)C1. The van der Waals surface area contributed by atoms with Crippen LogP contribution >= 0.6 is 0 Å². The molecule has 0 bridgehead atoms. The van der Waals surface area contributed by atoms with Crippen molar-refractivity contribution in [3.63, 3.8) is 0 Å². The second-order valence-corrected chi connectivity index (χ2v) is 12.9. The van der Waals surface area contributed by atoms with Crippen LogP contribution in [0.2, 0.25) is 0 Å². The number of ether oxygens (including phenoxy) is 1. The fourth-order valence-corrected chi connectivity index (χ4v) is 9.88. The highest BCUT2D eigenvalue weighted by Crippen LogP contribution is 2.67. The number of carboxylic acids is 1. The van der Waals surface area contributed by atoms with E-state index in [1.54, 1.807) is 0 Å². The Morgan fingerprint density at radius 1 is 0.939 bits per heavy atom. The van der Waals surface area contributed by atoms with E-state index in [0.29, 0.717) is 35.8 Å². The zero-order valence-corrected chi connectivity index (χ0v) is 21.0. The van der Waals surface area contributed by atoms with Gasteiger partial charge in [-0.05, 0) is 98.7 Å². The maximum atomic E-state index is 12.3. The first kappa shape index (κ1) is 23.6. The zero-order chi connectivity index (χ0) is 23.4. The number of fused-ring (bicyclic) bond motifs is 5. The van der Waals surface area contributed by atoms with Crippen molar-refractivity contribution >= 4 is 11.9 Å². The molecule has 0 aromatic carbocycles. The van der Waals surface area contributed by atoms with Gasteiger partial charge in [0.05, 0.1) is 5.92 Å². The maximum absolute atomic E-state index is 12.3. The van der Waals surface area contributed by atoms with Crippen LogP contribution in [0.25, 0.3) is 0 Å². The molecule has 5 rings (SSSR count). The first-order chi connectivity index (χ1) is 15.7. The molecular formula is C28H45NO4. The van der Waals surface area contributed by atoms with Gasteiger partial charge in [0, 0.05) is 19.0 Å². The number of rotatable bonds is 4. The van der Waals surface area contributed by atoms with E-state index in [9.17, 15) is 14.7 Å². The van der Waals surface area contributed by atoms with Crippen LogP contribution in [0.4, 0.5) is 0 Å². The molecule has 0 heterocycles. The Labute approximate surface area is 199 Å². The molecule has 186 valence electrons. The van der Waals surface area contributed by atoms with Gasteiger partial charge in [-0.15, -0.1) is 0 Å². The summed E-state index contributed by atoms with van der Waals surface area (Å²) in [5.41, 5.74) is 0.173. The number of carbonyl (C=O) groups excluding carboxylic acids is 1. The minimum atomic E-state index is -0.573. The molecule has 0 aromatic rings. The van der Waals surface area contributed by atoms with Gasteiger partial charge < -0.3 is 15.2 Å². The third kappa shape index (κ3) is 4.04. The van der Waals surface area contributed by atoms with E-state index in [-0.39, 0.29) is 28.8 Å². The van der Waals surface area contributed by atoms with Crippen molar-refractivity contribution in [1.82, 2.24) is 5.32 Å². The topological polar surface area (TPSA) is 75.6 Å². The highest BCUT2D eigenvalue weighted by atomic mass is 16.5. The number of nitrogens with one attached hydrogen (secondary N) is 1. The van der Waals surface area contributed by atoms with Crippen LogP contribution in [-0.2, 0) is 14.3 Å². The Hall–Kier alpha value is -1.10. The van der Waals surface area contributed by atoms with Crippen molar-refractivity contribution in [2.24, 2.45) is 40.4 Å². The predicted molar refractivity (Wildman–Crippen MR) is 128 cm³/mol. The summed E-state index contributed by atoms with van der Waals surface area (Å²) in [7, 11) is 0. The lowest BCUT2D eigenvalue weighted by Gasteiger charge is -2.63. The Kier molecular flexibility index (Phi) is 6.33. The summed E-state index contributed by atoms with van der Waals surface area (Å²) in [4.78, 5) is 23.9. The molecule has 5 saturated carbocycles. The molecule has 5 aliphatic rings. The normalized spacial score (nSPS) is 47.8. The molecule has 5 fully saturated rings. The first-order valence-corrected chi connectivity index (χ1v) is 13.9. The summed E-state index contributed by atoms with van der Waals surface area (Å²) < 4.78 is 5.68. The molecule has 9 atom stereocenters. The van der Waals surface area contributed by atoms with E-state index in [2.05, 4.69) is 19.2 Å². The Morgan fingerprint density at radius 3 is 2.39 bits per heavy atom. The van der Waals surface area contributed by atoms with Crippen molar-refractivity contribution in [3.8, 4) is 0 Å². The quantitative estimate of drug-likeness (QED) is 0.538. The number of carbonyl (C=O) groups is 2. The average molecular weight is 460 g/mol. The molecule has 5 aliphatic carbocycles. The third-order valence-corrected chi connectivity index (χ3v) is 11.3. The van der Waals surface area contributed by atoms with Crippen LogP contribution < -0.4 is 5.32 Å². The highest BCUT2D eigenvalue weighted by molar-refractivity contribution is 5.71. The van der Waals surface area contributed by atoms with Crippen LogP contribution in [0, 0.1) is 40.4 Å². The van der Waals surface area contributed by atoms with Crippen LogP contribution in [0.5, 0.6) is 0 Å². The van der Waals surface area contributed by atoms with Gasteiger partial charge in [0.1, 0.15) is 6.10 Å². The van der Waals surface area contributed by atoms with E-state index in [1.807, 2.05) is 0 Å². The average Bonchev–Trinajstić information content (AvgIpc) is 3.11. The van der Waals surface area contributed by atoms with Crippen molar-refractivity contribution in [1.29, 1.82) is 0 Å². The second kappa shape index (κ2) is 8.84. The second-order valence-electron chi connectivity index (χ2n) is 12.9. The monoisotopic (exact) mass is 459 g/mol. The smallest absolute Gasteiger partial charge is 0.307 e. The number of hydrogen-bond acceptors (Lipinski definition) is 4. The van der Waals surface area contributed by atoms with Gasteiger partial charge in [-0.3, -0.25) is 9.59 Å². The number of aliphatic carboxylic acids is 1. The molecule has 0 amide bonds. The van der Waals surface area contributed by atoms with Crippen molar-refractivity contribution in [2.75, 3.05) is 0 Å². The molecule has 0 aliphatic heterocycles. The summed E-state index contributed by atoms with van der Waals surface area (Å²) in [5.74, 6) is 1.47. The van der Waals surface area contributed by atoms with E-state index in [4.69, 9.17) is 4.74 Å². The van der Waals surface area contributed by atoms with Crippen molar-refractivity contribution in [3.05, 3.63) is 0 Å². The largest absolute Gasteiger partial charge is 0.481 e. The van der Waals surface area contributed by atoms with Gasteiger partial charge in [0.2, 0.25) is 0 Å². The van der Waals surface area contributed by atoms with E-state index in [0.717, 1.165) is 38.5 Å². The fourth-order valence-electron chi connectivity index (χ4n) is 9.88. The number of esters is 1. The molecule has 5 nitrogen and oxygen atoms in total. The van der Waals surface area contributed by atoms with E-state index < -0.39 is 5.97 Å². The van der Waals surface area contributed by atoms with Crippen LogP contribution in [-0.4, -0.2) is 35.2 Å². The van der Waals surface area contributed by atoms with Crippen LogP contribution in [0.15, 0.2) is 0 Å². The van der Waals surface area contributed by atoms with Gasteiger partial charge in [0.15, 0.2) is 0 Å². The van der Waals surface area contributed by atoms with Crippen LogP contribution in [0.3, 0.4) is 0 Å². The van der Waals surface area contributed by atoms with Gasteiger partial charge in [-0.2, -0.15) is 0 Å². The third-order valence-electron chi connectivity index (χ3n) is 11.3. The molecule has 0 radical (unpaired) electrons. The highest BCUT2D eigenvalue weighted by Gasteiger charge is 2.64. The minimum absolute atomic E-state index is 0.0820. The molecule has 0 aromatic heterocycles. The Balaban J connectivity index is 1.45. The van der Waals surface area contributed by atoms with Gasteiger partial charge in [0.25, 0.3) is 0 Å². The first-order valence-electron chi connectivity index (χ1n) is 13.9. The minimum Gasteiger partial charge on any atom is -0.481 e. The Morgan fingerprint density at radius 2 is 1.70 bits per heavy atom. The van der Waals surface area contributed by atoms with Gasteiger partial charge in [-0.25, -0.2) is 0 Å². The predicted octanol–water partition coefficient (Wildman–Crippen LogP) is 5.56. The molecule has 5 heteroatoms. The molecule has 4 unspecified atom stereocenters. The summed E-state index contributed by atoms with van der Waals surface area (Å²) in [6.45, 7) is 6.40. The lowest BCUT2D eigenvalue weighted by atomic mass is 9.43. The summed E-state index contributed by atoms with van der Waals surface area (Å²) in [6, 6.07) is 1.01. The molecule has 2 N–H and O–H groups in total. The van der Waals surface area contributed by atoms with Crippen molar-refractivity contribution < 1.29 is 19.4 Å². The maximum Gasteiger partial charge on any atom is 0.307 e. The molecular weight excluding hydrogens is 414 g/mol. The lowest BCUT2D eigenvalue weighted by Crippen LogP contribution is -2.63. The van der Waals surface area contributed by atoms with Crippen LogP contribution in [0.1, 0.15) is 104 Å². The number of carboxylic acid groups (broad SMARTS) is 1. The standard InChI is InChI=1S/C28H45NO4/c1-17(30)33-20-13-14-27(2)18(15-20)9-10-21-22-11-12-23(26(31)32)28(22,3)16-24(25(21)27)29-19-7-5-4-6-8-19/h18-25,29H,4-16H2,1-3H3,(H,31,32)/t18?,20?,21-,22-,23?,24?,25-,27-,28-/m0/s1. The summed E-state index contributed by atoms with van der Waals surface area (Å²) >= 11 is 0. The Bertz CT molecular complexity index is 763. The van der Waals surface area contributed by atoms with E-state index in [1.165, 1.54) is 51.9 Å². The summed E-state index contributed by atoms with van der Waals surface area (Å²) in [5, 5.41) is 14.3. The molecule has 0 saturated heterocycles. The van der Waals surface area contributed by atoms with E-state index >= 15 is 0 Å². The van der Waals surface area contributed by atoms with Gasteiger partial charge in [-0.1, -0.05) is 33.1 Å². The van der Waals surface area contributed by atoms with Crippen molar-refractivity contribution in [2.45, 2.75) is 122 Å². The fraction of sp³-hybridized carbons (Fsp3) is 0.929. The number of hydrogen-bond donors (Lipinski definition) is 2. The summed E-state index contributed by atoms with van der Waals surface area (Å²) in [6.07, 6.45) is 15.1. The van der Waals surface area contributed by atoms with Gasteiger partial charge >= 0.3 is 11.9 Å². The zero-order valence-electron chi connectivity index (χ0n) is 21.0. The molecule has 33 heavy (non-hydrogen) atoms. The molecule has 0 spiro atoms. The lowest BCUT2D eigenvalue weighted by molar-refractivity contribution is -0.169.